The normalized spacial score (nSPS) is 12.7. The van der Waals surface area contributed by atoms with E-state index in [0.717, 1.165) is 39.4 Å². The van der Waals surface area contributed by atoms with Gasteiger partial charge in [0.05, 0.1) is 16.4 Å². The Bertz CT molecular complexity index is 4120. The Morgan fingerprint density at radius 1 is 0.394 bits per heavy atom. The number of para-hydroxylation sites is 2. The van der Waals surface area contributed by atoms with Gasteiger partial charge in [-0.25, -0.2) is 0 Å². The van der Waals surface area contributed by atoms with Gasteiger partial charge in [0.2, 0.25) is 0 Å². The molecule has 0 amide bonds. The van der Waals surface area contributed by atoms with E-state index in [2.05, 4.69) is 270 Å². The summed E-state index contributed by atoms with van der Waals surface area (Å²) in [5.74, 6) is 0. The van der Waals surface area contributed by atoms with Crippen LogP contribution >= 0.6 is 22.9 Å². The minimum absolute atomic E-state index is 0.504. The van der Waals surface area contributed by atoms with Gasteiger partial charge in [-0.2, -0.15) is 0 Å². The molecule has 13 aromatic rings. The molecule has 0 radical (unpaired) electrons. The largest absolute Gasteiger partial charge is 0.310 e. The molecule has 14 rings (SSSR count). The van der Waals surface area contributed by atoms with E-state index < -0.39 is 5.41 Å². The Hall–Kier alpha value is -8.47. The van der Waals surface area contributed by atoms with Crippen LogP contribution in [0.5, 0.6) is 0 Å². The first-order chi connectivity index (χ1) is 35.1. The number of anilines is 3. The highest BCUT2D eigenvalue weighted by Gasteiger charge is 2.46. The summed E-state index contributed by atoms with van der Waals surface area (Å²) >= 11 is 9.32. The number of halogens is 1. The smallest absolute Gasteiger partial charge is 0.0713 e. The van der Waals surface area contributed by atoms with Crippen molar-refractivity contribution in [1.29, 1.82) is 0 Å². The molecule has 1 aliphatic carbocycles. The summed E-state index contributed by atoms with van der Waals surface area (Å²) in [5.41, 5.74) is 18.1. The summed E-state index contributed by atoms with van der Waals surface area (Å²) < 4.78 is 4.94. The van der Waals surface area contributed by atoms with E-state index in [1.54, 1.807) is 0 Å². The second-order valence-electron chi connectivity index (χ2n) is 18.5. The zero-order valence-electron chi connectivity index (χ0n) is 38.5. The molecule has 2 heterocycles. The van der Waals surface area contributed by atoms with E-state index in [4.69, 9.17) is 11.6 Å². The summed E-state index contributed by atoms with van der Waals surface area (Å²) in [6, 6.07) is 95.1. The molecule has 0 spiro atoms. The van der Waals surface area contributed by atoms with Crippen molar-refractivity contribution in [3.8, 4) is 39.1 Å². The Balaban J connectivity index is 1.02. The summed E-state index contributed by atoms with van der Waals surface area (Å²) in [6.07, 6.45) is 0. The van der Waals surface area contributed by atoms with Gasteiger partial charge in [0.15, 0.2) is 0 Å². The van der Waals surface area contributed by atoms with Gasteiger partial charge in [0, 0.05) is 64.3 Å². The monoisotopic (exact) mass is 942 g/mol. The summed E-state index contributed by atoms with van der Waals surface area (Å²) in [6.45, 7) is 0. The van der Waals surface area contributed by atoms with Gasteiger partial charge in [0.25, 0.3) is 0 Å². The highest BCUT2D eigenvalue weighted by molar-refractivity contribution is 7.26. The van der Waals surface area contributed by atoms with Gasteiger partial charge in [-0.1, -0.05) is 200 Å². The topological polar surface area (TPSA) is 8.17 Å². The van der Waals surface area contributed by atoms with E-state index in [9.17, 15) is 0 Å². The van der Waals surface area contributed by atoms with E-state index in [1.807, 2.05) is 11.3 Å². The molecule has 0 aliphatic heterocycles. The van der Waals surface area contributed by atoms with Crippen molar-refractivity contribution < 1.29 is 0 Å². The number of hydrogen-bond donors (Lipinski definition) is 0. The van der Waals surface area contributed by atoms with Crippen molar-refractivity contribution in [3.63, 3.8) is 0 Å². The second-order valence-corrected chi connectivity index (χ2v) is 20.0. The molecular weight excluding hydrogens is 900 g/mol. The minimum Gasteiger partial charge on any atom is -0.310 e. The maximum absolute atomic E-state index is 7.46. The molecule has 11 aromatic carbocycles. The molecule has 2 nitrogen and oxygen atoms in total. The lowest BCUT2D eigenvalue weighted by Crippen LogP contribution is -2.28. The number of hydrogen-bond acceptors (Lipinski definition) is 2. The van der Waals surface area contributed by atoms with Crippen LogP contribution in [0, 0.1) is 0 Å². The number of thiophene rings is 1. The molecule has 4 heteroatoms. The lowest BCUT2D eigenvalue weighted by Gasteiger charge is -2.34. The first-order valence-corrected chi connectivity index (χ1v) is 25.4. The molecular formula is C67H43ClN2S. The number of aromatic nitrogens is 1. The van der Waals surface area contributed by atoms with E-state index in [1.165, 1.54) is 80.9 Å². The van der Waals surface area contributed by atoms with Crippen molar-refractivity contribution in [2.24, 2.45) is 0 Å². The van der Waals surface area contributed by atoms with Crippen molar-refractivity contribution >= 4 is 82.0 Å². The third kappa shape index (κ3) is 6.47. The average molecular weight is 944 g/mol. The first kappa shape index (κ1) is 41.5. The van der Waals surface area contributed by atoms with Crippen LogP contribution in [0.25, 0.3) is 81.0 Å². The number of nitrogens with zero attached hydrogens (tertiary/aromatic N) is 2. The summed E-state index contributed by atoms with van der Waals surface area (Å²) in [5, 5.41) is 5.60. The van der Waals surface area contributed by atoms with Crippen molar-refractivity contribution in [3.05, 3.63) is 288 Å². The van der Waals surface area contributed by atoms with Gasteiger partial charge in [-0.05, 0) is 123 Å². The maximum Gasteiger partial charge on any atom is 0.0713 e. The number of rotatable bonds is 8. The molecule has 0 fully saturated rings. The highest BCUT2D eigenvalue weighted by atomic mass is 35.5. The standard InChI is InChI=1S/C67H43ClN2S/c68-49-39-46(57-43-59-55-28-14-17-31-62(55)70(50-25-11-4-12-26-50)65(59)64-56-29-15-18-32-63(56)71-66(57)64)40-53(41-49)69(51-35-33-45(34-36-51)44-19-5-1-6-20-44)52-37-38-61-58(42-52)54-27-13-16-30-60(54)67(61,47-21-7-2-8-22-47)48-23-9-3-10-24-48/h1-43H. The van der Waals surface area contributed by atoms with Gasteiger partial charge < -0.3 is 9.47 Å². The Labute approximate surface area is 421 Å². The van der Waals surface area contributed by atoms with Crippen molar-refractivity contribution in [1.82, 2.24) is 4.57 Å². The fourth-order valence-electron chi connectivity index (χ4n) is 11.7. The molecule has 2 aromatic heterocycles. The molecule has 0 saturated heterocycles. The fraction of sp³-hybridized carbons (Fsp3) is 0.0149. The van der Waals surface area contributed by atoms with E-state index >= 15 is 0 Å². The van der Waals surface area contributed by atoms with Crippen LogP contribution < -0.4 is 4.90 Å². The molecule has 0 bridgehead atoms. The third-order valence-corrected chi connectivity index (χ3v) is 16.1. The average Bonchev–Trinajstić information content (AvgIpc) is 4.09. The van der Waals surface area contributed by atoms with Crippen LogP contribution in [0.1, 0.15) is 22.3 Å². The van der Waals surface area contributed by atoms with Gasteiger partial charge >= 0.3 is 0 Å². The number of fused-ring (bicyclic) bond motifs is 10. The fourth-order valence-corrected chi connectivity index (χ4v) is 13.2. The predicted octanol–water partition coefficient (Wildman–Crippen LogP) is 19.0. The predicted molar refractivity (Wildman–Crippen MR) is 302 cm³/mol. The molecule has 0 atom stereocenters. The number of benzene rings is 11. The lowest BCUT2D eigenvalue weighted by molar-refractivity contribution is 0.768. The summed E-state index contributed by atoms with van der Waals surface area (Å²) in [7, 11) is 0. The van der Waals surface area contributed by atoms with E-state index in [-0.39, 0.29) is 0 Å². The molecule has 0 N–H and O–H groups in total. The lowest BCUT2D eigenvalue weighted by atomic mass is 9.68. The Morgan fingerprint density at radius 3 is 1.73 bits per heavy atom. The van der Waals surface area contributed by atoms with Crippen molar-refractivity contribution in [2.75, 3.05) is 4.90 Å². The van der Waals surface area contributed by atoms with Gasteiger partial charge in [-0.3, -0.25) is 0 Å². The van der Waals surface area contributed by atoms with Crippen LogP contribution in [-0.2, 0) is 5.41 Å². The van der Waals surface area contributed by atoms with E-state index in [0.29, 0.717) is 5.02 Å². The highest BCUT2D eigenvalue weighted by Crippen LogP contribution is 2.57. The van der Waals surface area contributed by atoms with Crippen LogP contribution in [0.3, 0.4) is 0 Å². The van der Waals surface area contributed by atoms with Gasteiger partial charge in [-0.15, -0.1) is 11.3 Å². The third-order valence-electron chi connectivity index (χ3n) is 14.7. The zero-order valence-corrected chi connectivity index (χ0v) is 40.1. The molecule has 334 valence electrons. The minimum atomic E-state index is -0.504. The molecule has 1 aliphatic rings. The quantitative estimate of drug-likeness (QED) is 0.147. The Kier molecular flexibility index (Phi) is 9.70. The molecule has 0 unspecified atom stereocenters. The maximum atomic E-state index is 7.46. The first-order valence-electron chi connectivity index (χ1n) is 24.2. The molecule has 71 heavy (non-hydrogen) atoms. The van der Waals surface area contributed by atoms with Gasteiger partial charge in [0.1, 0.15) is 0 Å². The molecule has 0 saturated carbocycles. The SMILES string of the molecule is Clc1cc(-c2cc3c4ccccc4n(-c4ccccc4)c3c3c2sc2ccccc23)cc(N(c2ccc(-c3ccccc3)cc2)c2ccc3c(c2)-c2ccccc2C3(c2ccccc2)c2ccccc2)c1. The van der Waals surface area contributed by atoms with Crippen LogP contribution in [0.2, 0.25) is 5.02 Å². The van der Waals surface area contributed by atoms with Crippen LogP contribution in [-0.4, -0.2) is 4.57 Å². The van der Waals surface area contributed by atoms with Crippen LogP contribution in [0.4, 0.5) is 17.1 Å². The van der Waals surface area contributed by atoms with Crippen LogP contribution in [0.15, 0.2) is 261 Å². The zero-order chi connectivity index (χ0) is 47.0. The summed E-state index contributed by atoms with van der Waals surface area (Å²) in [4.78, 5) is 2.39. The van der Waals surface area contributed by atoms with Crippen molar-refractivity contribution in [2.45, 2.75) is 5.41 Å². The Morgan fingerprint density at radius 2 is 0.986 bits per heavy atom. The second kappa shape index (κ2) is 16.6.